The van der Waals surface area contributed by atoms with Crippen LogP contribution in [0.3, 0.4) is 0 Å². The van der Waals surface area contributed by atoms with E-state index < -0.39 is 5.54 Å². The van der Waals surface area contributed by atoms with E-state index in [1.807, 2.05) is 31.3 Å². The average Bonchev–Trinajstić information content (AvgIpc) is 3.06. The maximum absolute atomic E-state index is 13.1. The van der Waals surface area contributed by atoms with Crippen molar-refractivity contribution in [2.45, 2.75) is 25.3 Å². The molecule has 2 aromatic rings. The van der Waals surface area contributed by atoms with Crippen molar-refractivity contribution in [2.75, 3.05) is 27.2 Å². The molecule has 2 aliphatic heterocycles. The minimum absolute atomic E-state index is 0.0937. The third-order valence-corrected chi connectivity index (χ3v) is 5.70. The van der Waals surface area contributed by atoms with Gasteiger partial charge in [-0.05, 0) is 31.9 Å². The van der Waals surface area contributed by atoms with E-state index >= 15 is 0 Å². The minimum atomic E-state index is -0.822. The molecular weight excluding hydrogens is 334 g/mol. The fourth-order valence-electron chi connectivity index (χ4n) is 4.10. The second-order valence-electron chi connectivity index (χ2n) is 7.00. The average molecular weight is 355 g/mol. The Morgan fingerprint density at radius 1 is 1.15 bits per heavy atom. The Hall–Kier alpha value is -2.90. The molecular formula is C18H21N5O3. The lowest BCUT2D eigenvalue weighted by Crippen LogP contribution is -2.56. The third kappa shape index (κ3) is 2.07. The number of urea groups is 1. The number of likely N-dealkylation sites (tertiary alicyclic amines) is 1. The molecule has 2 aromatic heterocycles. The number of aryl methyl sites for hydroxylation is 1. The molecule has 2 saturated heterocycles. The van der Waals surface area contributed by atoms with Gasteiger partial charge < -0.3 is 9.80 Å². The van der Waals surface area contributed by atoms with Crippen LogP contribution in [0.1, 0.15) is 29.0 Å². The maximum Gasteiger partial charge on any atom is 0.327 e. The van der Waals surface area contributed by atoms with Gasteiger partial charge in [0, 0.05) is 33.4 Å². The molecule has 1 spiro atoms. The molecule has 0 saturated carbocycles. The van der Waals surface area contributed by atoms with Gasteiger partial charge in [-0.2, -0.15) is 0 Å². The molecule has 26 heavy (non-hydrogen) atoms. The fourth-order valence-corrected chi connectivity index (χ4v) is 4.10. The summed E-state index contributed by atoms with van der Waals surface area (Å²) in [5.74, 6) is -0.271. The predicted octanol–water partition coefficient (Wildman–Crippen LogP) is 1.14. The molecule has 8 nitrogen and oxygen atoms in total. The number of carbonyl (C=O) groups is 3. The SMILES string of the molecule is Cc1nc2ccccn2c1C(=O)N1CCC2(CC1)C(=O)N(C)C(=O)N2C. The summed E-state index contributed by atoms with van der Waals surface area (Å²) in [5.41, 5.74) is 1.15. The second kappa shape index (κ2) is 5.55. The number of amides is 4. The fraction of sp³-hybridized carbons (Fsp3) is 0.444. The van der Waals surface area contributed by atoms with Gasteiger partial charge in [-0.3, -0.25) is 18.9 Å². The number of carbonyl (C=O) groups excluding carboxylic acids is 3. The van der Waals surface area contributed by atoms with Crippen molar-refractivity contribution in [2.24, 2.45) is 0 Å². The molecule has 4 rings (SSSR count). The van der Waals surface area contributed by atoms with Gasteiger partial charge in [-0.1, -0.05) is 6.07 Å². The predicted molar refractivity (Wildman–Crippen MR) is 93.7 cm³/mol. The Bertz CT molecular complexity index is 926. The molecule has 0 bridgehead atoms. The van der Waals surface area contributed by atoms with E-state index in [0.29, 0.717) is 37.3 Å². The zero-order chi connectivity index (χ0) is 18.6. The molecule has 4 amide bonds. The van der Waals surface area contributed by atoms with E-state index in [4.69, 9.17) is 0 Å². The second-order valence-corrected chi connectivity index (χ2v) is 7.00. The van der Waals surface area contributed by atoms with Gasteiger partial charge in [0.2, 0.25) is 0 Å². The van der Waals surface area contributed by atoms with Crippen LogP contribution in [0.4, 0.5) is 4.79 Å². The Kier molecular flexibility index (Phi) is 3.54. The van der Waals surface area contributed by atoms with Crippen LogP contribution in [0.25, 0.3) is 5.65 Å². The first-order valence-corrected chi connectivity index (χ1v) is 8.66. The zero-order valence-corrected chi connectivity index (χ0v) is 15.1. The highest BCUT2D eigenvalue weighted by atomic mass is 16.2. The lowest BCUT2D eigenvalue weighted by molar-refractivity contribution is -0.134. The first-order valence-electron chi connectivity index (χ1n) is 8.66. The number of pyridine rings is 1. The monoisotopic (exact) mass is 355 g/mol. The number of piperidine rings is 1. The van der Waals surface area contributed by atoms with E-state index in [9.17, 15) is 14.4 Å². The molecule has 2 aliphatic rings. The van der Waals surface area contributed by atoms with Crippen LogP contribution >= 0.6 is 0 Å². The van der Waals surface area contributed by atoms with Crippen LogP contribution in [0, 0.1) is 6.92 Å². The largest absolute Gasteiger partial charge is 0.337 e. The first-order chi connectivity index (χ1) is 12.4. The van der Waals surface area contributed by atoms with Gasteiger partial charge in [0.1, 0.15) is 16.9 Å². The van der Waals surface area contributed by atoms with Crippen molar-refractivity contribution >= 4 is 23.5 Å². The highest BCUT2D eigenvalue weighted by Gasteiger charge is 2.55. The summed E-state index contributed by atoms with van der Waals surface area (Å²) in [5, 5.41) is 0. The van der Waals surface area contributed by atoms with Crippen molar-refractivity contribution in [3.05, 3.63) is 35.8 Å². The third-order valence-electron chi connectivity index (χ3n) is 5.70. The Balaban J connectivity index is 1.59. The Morgan fingerprint density at radius 2 is 1.85 bits per heavy atom. The topological polar surface area (TPSA) is 78.2 Å². The van der Waals surface area contributed by atoms with Gasteiger partial charge in [0.15, 0.2) is 0 Å². The van der Waals surface area contributed by atoms with Crippen LogP contribution in [-0.2, 0) is 4.79 Å². The van der Waals surface area contributed by atoms with Gasteiger partial charge >= 0.3 is 6.03 Å². The van der Waals surface area contributed by atoms with Gasteiger partial charge in [0.05, 0.1) is 5.69 Å². The Labute approximate surface area is 151 Å². The van der Waals surface area contributed by atoms with E-state index in [2.05, 4.69) is 4.98 Å². The molecule has 8 heteroatoms. The summed E-state index contributed by atoms with van der Waals surface area (Å²) < 4.78 is 1.80. The van der Waals surface area contributed by atoms with Crippen molar-refractivity contribution in [3.63, 3.8) is 0 Å². The Morgan fingerprint density at radius 3 is 2.46 bits per heavy atom. The molecule has 0 N–H and O–H groups in total. The standard InChI is InChI=1S/C18H21N5O3/c1-12-14(23-9-5-4-6-13(23)19-12)15(24)22-10-7-18(8-11-22)16(25)20(2)17(26)21(18)3/h4-6,9H,7-8,10-11H2,1-3H3. The van der Waals surface area contributed by atoms with Crippen LogP contribution in [0.5, 0.6) is 0 Å². The number of rotatable bonds is 1. The quantitative estimate of drug-likeness (QED) is 0.719. The van der Waals surface area contributed by atoms with Crippen molar-refractivity contribution < 1.29 is 14.4 Å². The summed E-state index contributed by atoms with van der Waals surface area (Å²) in [6, 6.07) is 5.33. The van der Waals surface area contributed by atoms with Crippen molar-refractivity contribution in [3.8, 4) is 0 Å². The zero-order valence-electron chi connectivity index (χ0n) is 15.1. The number of imide groups is 1. The van der Waals surface area contributed by atoms with Gasteiger partial charge in [-0.25, -0.2) is 9.78 Å². The molecule has 2 fully saturated rings. The van der Waals surface area contributed by atoms with E-state index in [0.717, 1.165) is 5.65 Å². The number of imidazole rings is 1. The number of aromatic nitrogens is 2. The lowest BCUT2D eigenvalue weighted by Gasteiger charge is -2.40. The normalized spacial score (nSPS) is 19.9. The van der Waals surface area contributed by atoms with Crippen LogP contribution in [0.15, 0.2) is 24.4 Å². The lowest BCUT2D eigenvalue weighted by atomic mass is 9.86. The smallest absolute Gasteiger partial charge is 0.327 e. The first kappa shape index (κ1) is 16.6. The number of fused-ring (bicyclic) bond motifs is 1. The molecule has 136 valence electrons. The van der Waals surface area contributed by atoms with Crippen LogP contribution in [0.2, 0.25) is 0 Å². The number of hydrogen-bond acceptors (Lipinski definition) is 4. The summed E-state index contributed by atoms with van der Waals surface area (Å²) in [6.07, 6.45) is 2.72. The molecule has 0 aromatic carbocycles. The van der Waals surface area contributed by atoms with E-state index in [1.54, 1.807) is 16.3 Å². The molecule has 0 unspecified atom stereocenters. The summed E-state index contributed by atoms with van der Waals surface area (Å²) in [7, 11) is 3.17. The molecule has 0 radical (unpaired) electrons. The van der Waals surface area contributed by atoms with E-state index in [1.165, 1.54) is 16.8 Å². The highest BCUT2D eigenvalue weighted by molar-refractivity contribution is 6.07. The number of hydrogen-bond donors (Lipinski definition) is 0. The minimum Gasteiger partial charge on any atom is -0.337 e. The number of likely N-dealkylation sites (N-methyl/N-ethyl adjacent to an activating group) is 2. The van der Waals surface area contributed by atoms with Gasteiger partial charge in [-0.15, -0.1) is 0 Å². The summed E-state index contributed by atoms with van der Waals surface area (Å²) >= 11 is 0. The van der Waals surface area contributed by atoms with E-state index in [-0.39, 0.29) is 17.8 Å². The maximum atomic E-state index is 13.1. The number of nitrogens with zero attached hydrogens (tertiary/aromatic N) is 5. The van der Waals surface area contributed by atoms with Gasteiger partial charge in [0.25, 0.3) is 11.8 Å². The molecule has 4 heterocycles. The van der Waals surface area contributed by atoms with Crippen LogP contribution < -0.4 is 0 Å². The summed E-state index contributed by atoms with van der Waals surface area (Å²) in [4.78, 5) is 46.7. The molecule has 0 atom stereocenters. The summed E-state index contributed by atoms with van der Waals surface area (Å²) in [6.45, 7) is 2.68. The van der Waals surface area contributed by atoms with Crippen molar-refractivity contribution in [1.82, 2.24) is 24.1 Å². The highest BCUT2D eigenvalue weighted by Crippen LogP contribution is 2.35. The van der Waals surface area contributed by atoms with Crippen molar-refractivity contribution in [1.29, 1.82) is 0 Å². The van der Waals surface area contributed by atoms with Crippen LogP contribution in [-0.4, -0.2) is 74.7 Å². The molecule has 0 aliphatic carbocycles.